The quantitative estimate of drug-likeness (QED) is 0.254. The van der Waals surface area contributed by atoms with E-state index in [-0.39, 0.29) is 33.8 Å². The molecule has 0 bridgehead atoms. The SMILES string of the molecule is CCN(CC)CCCOc1nc(N2CCN(C(C)=O)CC2)c2cc(Cl)c(-c3cc(O)cc4ccccc34)c(F)c2n1. The number of carbonyl (C=O) groups excluding carboxylic acids is 1. The molecular formula is C31H35ClFN5O3. The number of ether oxygens (including phenoxy) is 1. The molecule has 1 aliphatic rings. The van der Waals surface area contributed by atoms with Crippen molar-refractivity contribution in [1.82, 2.24) is 19.8 Å². The molecular weight excluding hydrogens is 545 g/mol. The summed E-state index contributed by atoms with van der Waals surface area (Å²) in [4.78, 5) is 27.2. The Morgan fingerprint density at radius 3 is 2.51 bits per heavy atom. The first-order chi connectivity index (χ1) is 19.8. The molecule has 0 radical (unpaired) electrons. The van der Waals surface area contributed by atoms with Gasteiger partial charge in [0, 0.05) is 50.6 Å². The number of hydrogen-bond donors (Lipinski definition) is 1. The Labute approximate surface area is 244 Å². The first-order valence-electron chi connectivity index (χ1n) is 14.1. The second-order valence-corrected chi connectivity index (χ2v) is 10.6. The van der Waals surface area contributed by atoms with Crippen molar-refractivity contribution in [1.29, 1.82) is 0 Å². The van der Waals surface area contributed by atoms with Gasteiger partial charge in [-0.2, -0.15) is 9.97 Å². The van der Waals surface area contributed by atoms with Gasteiger partial charge in [-0.15, -0.1) is 0 Å². The molecule has 1 N–H and O–H groups in total. The third-order valence-corrected chi connectivity index (χ3v) is 8.03. The molecule has 8 nitrogen and oxygen atoms in total. The number of benzene rings is 3. The second kappa shape index (κ2) is 12.4. The lowest BCUT2D eigenvalue weighted by Gasteiger charge is -2.35. The predicted molar refractivity (Wildman–Crippen MR) is 161 cm³/mol. The van der Waals surface area contributed by atoms with E-state index >= 15 is 4.39 Å². The third-order valence-electron chi connectivity index (χ3n) is 7.73. The molecule has 41 heavy (non-hydrogen) atoms. The van der Waals surface area contributed by atoms with Crippen LogP contribution < -0.4 is 9.64 Å². The molecule has 3 aromatic carbocycles. The van der Waals surface area contributed by atoms with Crippen LogP contribution in [0.1, 0.15) is 27.2 Å². The lowest BCUT2D eigenvalue weighted by molar-refractivity contribution is -0.129. The summed E-state index contributed by atoms with van der Waals surface area (Å²) >= 11 is 6.79. The summed E-state index contributed by atoms with van der Waals surface area (Å²) in [5.74, 6) is -0.0583. The number of nitrogens with zero attached hydrogens (tertiary/aromatic N) is 5. The van der Waals surface area contributed by atoms with Gasteiger partial charge in [0.15, 0.2) is 5.82 Å². The van der Waals surface area contributed by atoms with E-state index in [1.54, 1.807) is 24.0 Å². The Kier molecular flexibility index (Phi) is 8.75. The summed E-state index contributed by atoms with van der Waals surface area (Å²) < 4.78 is 22.6. The van der Waals surface area contributed by atoms with Crippen molar-refractivity contribution >= 4 is 45.0 Å². The number of amides is 1. The van der Waals surface area contributed by atoms with Gasteiger partial charge in [-0.05, 0) is 54.0 Å². The van der Waals surface area contributed by atoms with Crippen LogP contribution in [-0.4, -0.2) is 83.2 Å². The van der Waals surface area contributed by atoms with Crippen LogP contribution in [0.4, 0.5) is 10.2 Å². The van der Waals surface area contributed by atoms with Crippen molar-refractivity contribution in [3.8, 4) is 22.9 Å². The van der Waals surface area contributed by atoms with Crippen molar-refractivity contribution in [3.63, 3.8) is 0 Å². The maximum absolute atomic E-state index is 16.6. The molecule has 10 heteroatoms. The molecule has 2 heterocycles. The number of anilines is 1. The fraction of sp³-hybridized carbons (Fsp3) is 0.387. The minimum Gasteiger partial charge on any atom is -0.508 e. The van der Waals surface area contributed by atoms with Crippen molar-refractivity contribution < 1.29 is 19.0 Å². The highest BCUT2D eigenvalue weighted by Gasteiger charge is 2.26. The highest BCUT2D eigenvalue weighted by atomic mass is 35.5. The van der Waals surface area contributed by atoms with E-state index in [0.717, 1.165) is 36.8 Å². The number of aromatic hydroxyl groups is 1. The molecule has 5 rings (SSSR count). The van der Waals surface area contributed by atoms with Gasteiger partial charge in [-0.3, -0.25) is 4.79 Å². The van der Waals surface area contributed by atoms with Crippen molar-refractivity contribution in [3.05, 3.63) is 53.3 Å². The van der Waals surface area contributed by atoms with Crippen molar-refractivity contribution in [2.24, 2.45) is 0 Å². The highest BCUT2D eigenvalue weighted by Crippen LogP contribution is 2.42. The monoisotopic (exact) mass is 579 g/mol. The number of halogens is 2. The molecule has 1 aromatic heterocycles. The summed E-state index contributed by atoms with van der Waals surface area (Å²) in [5.41, 5.74) is 0.723. The zero-order valence-corrected chi connectivity index (χ0v) is 24.4. The first kappa shape index (κ1) is 28.8. The van der Waals surface area contributed by atoms with Crippen LogP contribution in [0.5, 0.6) is 11.8 Å². The molecule has 1 fully saturated rings. The fourth-order valence-electron chi connectivity index (χ4n) is 5.44. The van der Waals surface area contributed by atoms with E-state index in [1.165, 1.54) is 6.07 Å². The van der Waals surface area contributed by atoms with E-state index in [2.05, 4.69) is 23.7 Å². The van der Waals surface area contributed by atoms with Gasteiger partial charge in [-0.25, -0.2) is 4.39 Å². The topological polar surface area (TPSA) is 82.0 Å². The molecule has 0 spiro atoms. The minimum absolute atomic E-state index is 0.0122. The third kappa shape index (κ3) is 6.01. The number of hydrogen-bond acceptors (Lipinski definition) is 7. The molecule has 1 saturated heterocycles. The van der Waals surface area contributed by atoms with Gasteiger partial charge in [0.25, 0.3) is 0 Å². The van der Waals surface area contributed by atoms with Crippen LogP contribution in [0.25, 0.3) is 32.8 Å². The van der Waals surface area contributed by atoms with Gasteiger partial charge in [0.2, 0.25) is 5.91 Å². The zero-order valence-electron chi connectivity index (χ0n) is 23.7. The molecule has 1 aliphatic heterocycles. The van der Waals surface area contributed by atoms with E-state index < -0.39 is 5.82 Å². The molecule has 216 valence electrons. The Bertz CT molecular complexity index is 1570. The summed E-state index contributed by atoms with van der Waals surface area (Å²) in [5, 5.41) is 12.6. The van der Waals surface area contributed by atoms with Crippen LogP contribution in [0.3, 0.4) is 0 Å². The first-order valence-corrected chi connectivity index (χ1v) is 14.5. The van der Waals surface area contributed by atoms with Gasteiger partial charge < -0.3 is 24.5 Å². The van der Waals surface area contributed by atoms with E-state index in [0.29, 0.717) is 49.6 Å². The smallest absolute Gasteiger partial charge is 0.319 e. The maximum atomic E-state index is 16.6. The van der Waals surface area contributed by atoms with Gasteiger partial charge >= 0.3 is 6.01 Å². The maximum Gasteiger partial charge on any atom is 0.319 e. The van der Waals surface area contributed by atoms with Gasteiger partial charge in [0.05, 0.1) is 11.6 Å². The number of fused-ring (bicyclic) bond motifs is 2. The average Bonchev–Trinajstić information content (AvgIpc) is 2.97. The molecule has 0 saturated carbocycles. The number of piperazine rings is 1. The number of rotatable bonds is 9. The highest BCUT2D eigenvalue weighted by molar-refractivity contribution is 6.35. The summed E-state index contributed by atoms with van der Waals surface area (Å²) in [7, 11) is 0. The Morgan fingerprint density at radius 1 is 1.07 bits per heavy atom. The van der Waals surface area contributed by atoms with Crippen LogP contribution >= 0.6 is 11.6 Å². The average molecular weight is 580 g/mol. The lowest BCUT2D eigenvalue weighted by Crippen LogP contribution is -2.48. The normalized spacial score (nSPS) is 13.9. The minimum atomic E-state index is -0.609. The fourth-order valence-corrected chi connectivity index (χ4v) is 5.73. The standard InChI is InChI=1S/C31H35ClFN5O3/c1-4-36(5-2)11-8-16-41-31-34-29-25(30(35-31)38-14-12-37(13-15-38)20(3)39)19-26(32)27(28(29)33)24-18-22(40)17-21-9-6-7-10-23(21)24/h6-7,9-10,17-19,40H,4-5,8,11-16H2,1-3H3. The number of phenols is 1. The molecule has 1 amide bonds. The van der Waals surface area contributed by atoms with E-state index in [9.17, 15) is 9.90 Å². The Balaban J connectivity index is 1.59. The van der Waals surface area contributed by atoms with Crippen LogP contribution in [-0.2, 0) is 4.79 Å². The van der Waals surface area contributed by atoms with Crippen LogP contribution in [0.2, 0.25) is 5.02 Å². The molecule has 0 unspecified atom stereocenters. The second-order valence-electron chi connectivity index (χ2n) is 10.2. The molecule has 0 atom stereocenters. The van der Waals surface area contributed by atoms with Crippen LogP contribution in [0.15, 0.2) is 42.5 Å². The van der Waals surface area contributed by atoms with Crippen molar-refractivity contribution in [2.75, 3.05) is 57.3 Å². The van der Waals surface area contributed by atoms with Gasteiger partial charge in [-0.1, -0.05) is 49.7 Å². The summed E-state index contributed by atoms with van der Waals surface area (Å²) in [6, 6.07) is 12.4. The summed E-state index contributed by atoms with van der Waals surface area (Å²) in [6.07, 6.45) is 0.777. The summed E-state index contributed by atoms with van der Waals surface area (Å²) in [6.45, 7) is 11.1. The molecule has 4 aromatic rings. The zero-order chi connectivity index (χ0) is 29.1. The molecule has 0 aliphatic carbocycles. The number of phenolic OH excluding ortho intramolecular Hbond substituents is 1. The van der Waals surface area contributed by atoms with Crippen molar-refractivity contribution in [2.45, 2.75) is 27.2 Å². The van der Waals surface area contributed by atoms with E-state index in [1.807, 2.05) is 29.2 Å². The predicted octanol–water partition coefficient (Wildman–Crippen LogP) is 5.73. The largest absolute Gasteiger partial charge is 0.508 e. The Morgan fingerprint density at radius 2 is 1.80 bits per heavy atom. The van der Waals surface area contributed by atoms with E-state index in [4.69, 9.17) is 21.3 Å². The number of carbonyl (C=O) groups is 1. The van der Waals surface area contributed by atoms with Gasteiger partial charge in [0.1, 0.15) is 17.1 Å². The van der Waals surface area contributed by atoms with Crippen LogP contribution in [0, 0.1) is 5.82 Å². The lowest BCUT2D eigenvalue weighted by atomic mass is 9.96. The Hall–Kier alpha value is -3.69. The number of aromatic nitrogens is 2.